The topological polar surface area (TPSA) is 98.5 Å². The number of nitrogens with zero attached hydrogens (tertiary/aromatic N) is 4. The molecule has 1 N–H and O–H groups in total. The van der Waals surface area contributed by atoms with Gasteiger partial charge in [0.1, 0.15) is 10.7 Å². The Balaban J connectivity index is 1.70. The third-order valence-electron chi connectivity index (χ3n) is 5.11. The molecule has 0 saturated carbocycles. The number of aryl methyl sites for hydroxylation is 1. The number of hydrogen-bond donors (Lipinski definition) is 1. The Morgan fingerprint density at radius 1 is 1.39 bits per heavy atom. The fraction of sp³-hybridized carbons (Fsp3) is 0.450. The third kappa shape index (κ3) is 4.01. The van der Waals surface area contributed by atoms with Gasteiger partial charge in [-0.1, -0.05) is 6.92 Å². The van der Waals surface area contributed by atoms with E-state index in [1.165, 1.54) is 17.4 Å². The van der Waals surface area contributed by atoms with Gasteiger partial charge in [-0.3, -0.25) is 4.79 Å². The molecule has 3 heterocycles. The Morgan fingerprint density at radius 2 is 2.16 bits per heavy atom. The molecule has 0 aromatic carbocycles. The van der Waals surface area contributed by atoms with Gasteiger partial charge in [0, 0.05) is 10.6 Å². The van der Waals surface area contributed by atoms with Gasteiger partial charge in [-0.25, -0.2) is 18.6 Å². The molecule has 0 unspecified atom stereocenters. The number of halogens is 2. The molecule has 0 spiro atoms. The summed E-state index contributed by atoms with van der Waals surface area (Å²) in [5.74, 6) is -1.13. The van der Waals surface area contributed by atoms with Gasteiger partial charge < -0.3 is 10.1 Å². The van der Waals surface area contributed by atoms with Crippen LogP contribution in [0.5, 0.6) is 0 Å². The number of aromatic nitrogens is 4. The van der Waals surface area contributed by atoms with Crippen LogP contribution >= 0.6 is 11.3 Å². The Morgan fingerprint density at radius 3 is 2.87 bits per heavy atom. The summed E-state index contributed by atoms with van der Waals surface area (Å²) in [4.78, 5) is 34.6. The third-order valence-corrected chi connectivity index (χ3v) is 6.28. The predicted octanol–water partition coefficient (Wildman–Crippen LogP) is 3.99. The first-order valence-electron chi connectivity index (χ1n) is 9.94. The highest BCUT2D eigenvalue weighted by Gasteiger charge is 2.30. The minimum absolute atomic E-state index is 0.0923. The fourth-order valence-corrected chi connectivity index (χ4v) is 5.08. The van der Waals surface area contributed by atoms with Crippen molar-refractivity contribution in [3.63, 3.8) is 0 Å². The lowest BCUT2D eigenvalue weighted by Gasteiger charge is -2.18. The molecule has 164 valence electrons. The highest BCUT2D eigenvalue weighted by Crippen LogP contribution is 2.40. The molecule has 1 aliphatic carbocycles. The number of anilines is 1. The lowest BCUT2D eigenvalue weighted by Crippen LogP contribution is -2.17. The SMILES string of the molecule is CCOC(=O)c1c(NC(=O)c2nc3nc(C)cc(C(F)F)n3n2)sc2c1CC[C@H](C)C2. The maximum absolute atomic E-state index is 13.3. The van der Waals surface area contributed by atoms with Gasteiger partial charge in [-0.2, -0.15) is 9.50 Å². The molecule has 8 nitrogen and oxygen atoms in total. The van der Waals surface area contributed by atoms with Gasteiger partial charge in [0.15, 0.2) is 0 Å². The van der Waals surface area contributed by atoms with E-state index in [9.17, 15) is 18.4 Å². The Kier molecular flexibility index (Phi) is 5.69. The molecule has 31 heavy (non-hydrogen) atoms. The summed E-state index contributed by atoms with van der Waals surface area (Å²) in [7, 11) is 0. The molecule has 0 saturated heterocycles. The van der Waals surface area contributed by atoms with Crippen molar-refractivity contribution in [3.8, 4) is 0 Å². The standard InChI is InChI=1S/C20H21F2N5O3S/c1-4-30-19(29)14-11-6-5-9(2)7-13(11)31-18(14)25-17(28)16-24-20-23-10(3)8-12(15(21)22)27(20)26-16/h8-9,15H,4-7H2,1-3H3,(H,25,28)/t9-/m0/s1. The van der Waals surface area contributed by atoms with Gasteiger partial charge in [0.25, 0.3) is 18.1 Å². The molecule has 3 aromatic rings. The van der Waals surface area contributed by atoms with Gasteiger partial charge in [-0.05, 0) is 50.7 Å². The number of ether oxygens (including phenoxy) is 1. The van der Waals surface area contributed by atoms with E-state index >= 15 is 0 Å². The quantitative estimate of drug-likeness (QED) is 0.592. The van der Waals surface area contributed by atoms with E-state index in [2.05, 4.69) is 27.3 Å². The number of amides is 1. The zero-order chi connectivity index (χ0) is 22.3. The number of rotatable bonds is 5. The van der Waals surface area contributed by atoms with E-state index < -0.39 is 24.0 Å². The Bertz CT molecular complexity index is 1170. The molecular weight excluding hydrogens is 428 g/mol. The zero-order valence-corrected chi connectivity index (χ0v) is 18.1. The number of fused-ring (bicyclic) bond motifs is 2. The maximum Gasteiger partial charge on any atom is 0.341 e. The van der Waals surface area contributed by atoms with Crippen molar-refractivity contribution in [2.24, 2.45) is 5.92 Å². The summed E-state index contributed by atoms with van der Waals surface area (Å²) < 4.78 is 32.7. The highest BCUT2D eigenvalue weighted by molar-refractivity contribution is 7.17. The van der Waals surface area contributed by atoms with Gasteiger partial charge in [0.2, 0.25) is 5.82 Å². The second kappa shape index (κ2) is 8.29. The molecule has 11 heteroatoms. The van der Waals surface area contributed by atoms with Gasteiger partial charge in [-0.15, -0.1) is 16.4 Å². The lowest BCUT2D eigenvalue weighted by molar-refractivity contribution is 0.0526. The van der Waals surface area contributed by atoms with Crippen molar-refractivity contribution in [1.82, 2.24) is 19.6 Å². The molecule has 1 amide bonds. The van der Waals surface area contributed by atoms with E-state index in [0.29, 0.717) is 22.2 Å². The largest absolute Gasteiger partial charge is 0.462 e. The summed E-state index contributed by atoms with van der Waals surface area (Å²) in [6.45, 7) is 5.63. The average molecular weight is 449 g/mol. The molecule has 0 fully saturated rings. The van der Waals surface area contributed by atoms with Crippen LogP contribution in [0.25, 0.3) is 5.78 Å². The number of hydrogen-bond acceptors (Lipinski definition) is 7. The van der Waals surface area contributed by atoms with E-state index in [1.54, 1.807) is 13.8 Å². The van der Waals surface area contributed by atoms with Crippen molar-refractivity contribution in [3.05, 3.63) is 39.3 Å². The van der Waals surface area contributed by atoms with Crippen molar-refractivity contribution >= 4 is 34.0 Å². The molecule has 1 atom stereocenters. The monoisotopic (exact) mass is 449 g/mol. The van der Waals surface area contributed by atoms with Crippen LogP contribution in [-0.2, 0) is 17.6 Å². The molecule has 1 aliphatic rings. The van der Waals surface area contributed by atoms with Crippen LogP contribution in [0, 0.1) is 12.8 Å². The van der Waals surface area contributed by atoms with E-state index in [-0.39, 0.29) is 18.2 Å². The number of alkyl halides is 2. The first-order chi connectivity index (χ1) is 14.8. The summed E-state index contributed by atoms with van der Waals surface area (Å²) in [5.41, 5.74) is 1.19. The zero-order valence-electron chi connectivity index (χ0n) is 17.2. The van der Waals surface area contributed by atoms with Crippen LogP contribution in [0.2, 0.25) is 0 Å². The van der Waals surface area contributed by atoms with Crippen LogP contribution in [0.3, 0.4) is 0 Å². The lowest BCUT2D eigenvalue weighted by atomic mass is 9.88. The predicted molar refractivity (Wildman–Crippen MR) is 110 cm³/mol. The second-order valence-corrected chi connectivity index (χ2v) is 8.61. The minimum atomic E-state index is -2.80. The maximum atomic E-state index is 13.3. The van der Waals surface area contributed by atoms with E-state index in [4.69, 9.17) is 4.74 Å². The Labute approximate surface area is 180 Å². The molecule has 0 radical (unpaired) electrons. The van der Waals surface area contributed by atoms with E-state index in [1.807, 2.05) is 0 Å². The smallest absolute Gasteiger partial charge is 0.341 e. The van der Waals surface area contributed by atoms with E-state index in [0.717, 1.165) is 34.2 Å². The summed E-state index contributed by atoms with van der Waals surface area (Å²) in [6.07, 6.45) is -0.317. The first kappa shape index (κ1) is 21.3. The van der Waals surface area contributed by atoms with Crippen molar-refractivity contribution in [2.75, 3.05) is 11.9 Å². The molecule has 0 bridgehead atoms. The van der Waals surface area contributed by atoms with Crippen LogP contribution in [0.4, 0.5) is 13.8 Å². The number of esters is 1. The number of nitrogens with one attached hydrogen (secondary N) is 1. The second-order valence-electron chi connectivity index (χ2n) is 7.50. The summed E-state index contributed by atoms with van der Waals surface area (Å²) in [5, 5.41) is 6.96. The van der Waals surface area contributed by atoms with Crippen LogP contribution in [0.1, 0.15) is 69.5 Å². The van der Waals surface area contributed by atoms with Crippen molar-refractivity contribution < 1.29 is 23.1 Å². The average Bonchev–Trinajstić information content (AvgIpc) is 3.27. The Hall–Kier alpha value is -2.95. The van der Waals surface area contributed by atoms with Crippen molar-refractivity contribution in [1.29, 1.82) is 0 Å². The fourth-order valence-electron chi connectivity index (χ4n) is 3.68. The summed E-state index contributed by atoms with van der Waals surface area (Å²) >= 11 is 1.33. The number of thiophene rings is 1. The van der Waals surface area contributed by atoms with Crippen LogP contribution in [-0.4, -0.2) is 38.1 Å². The van der Waals surface area contributed by atoms with Gasteiger partial charge in [0.05, 0.1) is 12.2 Å². The normalized spacial score (nSPS) is 15.9. The van der Waals surface area contributed by atoms with Crippen molar-refractivity contribution in [2.45, 2.75) is 46.5 Å². The molecular formula is C20H21F2N5O3S. The van der Waals surface area contributed by atoms with Gasteiger partial charge >= 0.3 is 5.97 Å². The number of carbonyl (C=O) groups excluding carboxylic acids is 2. The molecule has 4 rings (SSSR count). The van der Waals surface area contributed by atoms with Crippen LogP contribution in [0.15, 0.2) is 6.07 Å². The summed E-state index contributed by atoms with van der Waals surface area (Å²) in [6, 6.07) is 1.20. The molecule has 0 aliphatic heterocycles. The first-order valence-corrected chi connectivity index (χ1v) is 10.8. The highest BCUT2D eigenvalue weighted by atomic mass is 32.1. The molecule has 3 aromatic heterocycles. The van der Waals surface area contributed by atoms with Crippen LogP contribution < -0.4 is 5.32 Å². The minimum Gasteiger partial charge on any atom is -0.462 e. The number of carbonyl (C=O) groups is 2.